The van der Waals surface area contributed by atoms with E-state index in [2.05, 4.69) is 69.3 Å². The molecule has 2 heteroatoms. The standard InChI is InChI=1S/C25H30O2/c1-24(2)19-14-15-25(3,16-19)23(24)22(17-6-10-20(26-4)11-7-17)18-8-12-21(27-5)13-9-18/h6-13,19H,14-16H2,1-5H3/t19-,25+/m0/s1. The molecule has 0 N–H and O–H groups in total. The minimum absolute atomic E-state index is 0.224. The van der Waals surface area contributed by atoms with Gasteiger partial charge in [0.2, 0.25) is 0 Å². The lowest BCUT2D eigenvalue weighted by atomic mass is 9.65. The van der Waals surface area contributed by atoms with Crippen molar-refractivity contribution in [1.29, 1.82) is 0 Å². The lowest BCUT2D eigenvalue weighted by molar-refractivity contribution is 0.275. The molecule has 0 saturated heterocycles. The molecule has 0 radical (unpaired) electrons. The first kappa shape index (κ1) is 18.2. The fourth-order valence-electron chi connectivity index (χ4n) is 5.66. The van der Waals surface area contributed by atoms with Crippen LogP contribution in [-0.2, 0) is 0 Å². The highest BCUT2D eigenvalue weighted by Gasteiger charge is 2.56. The van der Waals surface area contributed by atoms with E-state index in [1.165, 1.54) is 36.0 Å². The van der Waals surface area contributed by atoms with E-state index in [1.807, 2.05) is 0 Å². The van der Waals surface area contributed by atoms with Crippen LogP contribution in [-0.4, -0.2) is 14.2 Å². The normalized spacial score (nSPS) is 25.5. The van der Waals surface area contributed by atoms with Crippen molar-refractivity contribution in [2.45, 2.75) is 40.0 Å². The van der Waals surface area contributed by atoms with Gasteiger partial charge in [-0.15, -0.1) is 0 Å². The Labute approximate surface area is 163 Å². The predicted octanol–water partition coefficient (Wildman–Crippen LogP) is 6.35. The zero-order chi connectivity index (χ0) is 19.2. The third-order valence-corrected chi connectivity index (χ3v) is 7.02. The second kappa shape index (κ2) is 6.44. The number of fused-ring (bicyclic) bond motifs is 2. The van der Waals surface area contributed by atoms with E-state index in [-0.39, 0.29) is 5.41 Å². The number of hydrogen-bond acceptors (Lipinski definition) is 2. The van der Waals surface area contributed by atoms with Crippen molar-refractivity contribution in [3.63, 3.8) is 0 Å². The Hall–Kier alpha value is -2.22. The summed E-state index contributed by atoms with van der Waals surface area (Å²) in [4.78, 5) is 0. The maximum atomic E-state index is 5.39. The van der Waals surface area contributed by atoms with Crippen LogP contribution in [0.25, 0.3) is 5.57 Å². The van der Waals surface area contributed by atoms with Crippen molar-refractivity contribution in [2.75, 3.05) is 14.2 Å². The van der Waals surface area contributed by atoms with Crippen molar-refractivity contribution < 1.29 is 9.47 Å². The molecule has 2 saturated carbocycles. The summed E-state index contributed by atoms with van der Waals surface area (Å²) in [7, 11) is 3.44. The molecule has 2 nitrogen and oxygen atoms in total. The van der Waals surface area contributed by atoms with Crippen LogP contribution >= 0.6 is 0 Å². The van der Waals surface area contributed by atoms with Gasteiger partial charge in [-0.1, -0.05) is 45.0 Å². The first-order valence-electron chi connectivity index (χ1n) is 9.93. The third-order valence-electron chi connectivity index (χ3n) is 7.02. The van der Waals surface area contributed by atoms with Crippen LogP contribution in [0.1, 0.15) is 51.2 Å². The van der Waals surface area contributed by atoms with Gasteiger partial charge in [-0.25, -0.2) is 0 Å². The van der Waals surface area contributed by atoms with E-state index in [4.69, 9.17) is 9.47 Å². The van der Waals surface area contributed by atoms with Gasteiger partial charge in [0, 0.05) is 0 Å². The highest BCUT2D eigenvalue weighted by atomic mass is 16.5. The number of hydrogen-bond donors (Lipinski definition) is 0. The maximum absolute atomic E-state index is 5.39. The van der Waals surface area contributed by atoms with Crippen LogP contribution < -0.4 is 9.47 Å². The van der Waals surface area contributed by atoms with Gasteiger partial charge in [0.05, 0.1) is 14.2 Å². The summed E-state index contributed by atoms with van der Waals surface area (Å²) in [6.07, 6.45) is 3.96. The first-order chi connectivity index (χ1) is 12.9. The molecule has 2 fully saturated rings. The summed E-state index contributed by atoms with van der Waals surface area (Å²) in [5.41, 5.74) is 6.10. The van der Waals surface area contributed by atoms with Gasteiger partial charge < -0.3 is 9.47 Å². The van der Waals surface area contributed by atoms with Gasteiger partial charge in [-0.05, 0) is 82.5 Å². The van der Waals surface area contributed by atoms with Crippen molar-refractivity contribution in [2.24, 2.45) is 16.7 Å². The number of rotatable bonds is 4. The third kappa shape index (κ3) is 2.86. The summed E-state index contributed by atoms with van der Waals surface area (Å²) in [6, 6.07) is 17.1. The molecule has 2 atom stereocenters. The summed E-state index contributed by atoms with van der Waals surface area (Å²) in [6.45, 7) is 7.37. The highest BCUT2D eigenvalue weighted by molar-refractivity contribution is 5.84. The molecule has 0 aromatic heterocycles. The molecule has 0 unspecified atom stereocenters. The molecular formula is C25H30O2. The molecule has 2 aliphatic rings. The molecule has 0 amide bonds. The van der Waals surface area contributed by atoms with E-state index < -0.39 is 0 Å². The maximum Gasteiger partial charge on any atom is 0.118 e. The fourth-order valence-corrected chi connectivity index (χ4v) is 5.66. The van der Waals surface area contributed by atoms with E-state index in [9.17, 15) is 0 Å². The van der Waals surface area contributed by atoms with Crippen LogP contribution in [0.2, 0.25) is 0 Å². The zero-order valence-electron chi connectivity index (χ0n) is 17.1. The molecule has 0 spiro atoms. The largest absolute Gasteiger partial charge is 0.497 e. The predicted molar refractivity (Wildman–Crippen MR) is 111 cm³/mol. The Morgan fingerprint density at radius 1 is 0.815 bits per heavy atom. The summed E-state index contributed by atoms with van der Waals surface area (Å²) >= 11 is 0. The number of methoxy groups -OCH3 is 2. The molecule has 0 heterocycles. The molecule has 2 aromatic rings. The van der Waals surface area contributed by atoms with E-state index >= 15 is 0 Å². The van der Waals surface area contributed by atoms with Gasteiger partial charge in [0.25, 0.3) is 0 Å². The minimum Gasteiger partial charge on any atom is -0.497 e. The summed E-state index contributed by atoms with van der Waals surface area (Å²) in [5.74, 6) is 2.58. The fraction of sp³-hybridized carbons (Fsp3) is 0.440. The Bertz CT molecular complexity index is 802. The van der Waals surface area contributed by atoms with Crippen molar-refractivity contribution in [3.05, 3.63) is 65.2 Å². The summed E-state index contributed by atoms with van der Waals surface area (Å²) in [5, 5.41) is 0. The zero-order valence-corrected chi connectivity index (χ0v) is 17.1. The number of benzene rings is 2. The topological polar surface area (TPSA) is 18.5 Å². The molecule has 2 aromatic carbocycles. The monoisotopic (exact) mass is 362 g/mol. The Morgan fingerprint density at radius 2 is 1.30 bits per heavy atom. The summed E-state index contributed by atoms with van der Waals surface area (Å²) < 4.78 is 10.8. The number of ether oxygens (including phenoxy) is 2. The van der Waals surface area contributed by atoms with Crippen LogP contribution in [0.4, 0.5) is 0 Å². The van der Waals surface area contributed by atoms with Gasteiger partial charge in [-0.2, -0.15) is 0 Å². The molecule has 142 valence electrons. The van der Waals surface area contributed by atoms with Crippen molar-refractivity contribution in [1.82, 2.24) is 0 Å². The van der Waals surface area contributed by atoms with E-state index in [0.29, 0.717) is 5.41 Å². The molecule has 2 bridgehead atoms. The van der Waals surface area contributed by atoms with Crippen LogP contribution in [0.15, 0.2) is 54.1 Å². The van der Waals surface area contributed by atoms with Gasteiger partial charge >= 0.3 is 0 Å². The quantitative estimate of drug-likeness (QED) is 0.631. The van der Waals surface area contributed by atoms with E-state index in [0.717, 1.165) is 17.4 Å². The average Bonchev–Trinajstić information content (AvgIpc) is 3.17. The van der Waals surface area contributed by atoms with Crippen molar-refractivity contribution in [3.8, 4) is 11.5 Å². The van der Waals surface area contributed by atoms with Crippen molar-refractivity contribution >= 4 is 5.57 Å². The minimum atomic E-state index is 0.224. The highest BCUT2D eigenvalue weighted by Crippen LogP contribution is 2.67. The Kier molecular flexibility index (Phi) is 4.33. The average molecular weight is 363 g/mol. The van der Waals surface area contributed by atoms with Crippen LogP contribution in [0.3, 0.4) is 0 Å². The van der Waals surface area contributed by atoms with Gasteiger partial charge in [-0.3, -0.25) is 0 Å². The van der Waals surface area contributed by atoms with Crippen LogP contribution in [0.5, 0.6) is 11.5 Å². The van der Waals surface area contributed by atoms with E-state index in [1.54, 1.807) is 19.8 Å². The lowest BCUT2D eigenvalue weighted by Crippen LogP contribution is -2.28. The second-order valence-electron chi connectivity index (χ2n) is 8.93. The first-order valence-corrected chi connectivity index (χ1v) is 9.93. The van der Waals surface area contributed by atoms with Gasteiger partial charge in [0.1, 0.15) is 11.5 Å². The smallest absolute Gasteiger partial charge is 0.118 e. The van der Waals surface area contributed by atoms with Crippen LogP contribution in [0, 0.1) is 16.7 Å². The Balaban J connectivity index is 1.95. The van der Waals surface area contributed by atoms with Gasteiger partial charge in [0.15, 0.2) is 0 Å². The Morgan fingerprint density at radius 3 is 1.67 bits per heavy atom. The molecule has 27 heavy (non-hydrogen) atoms. The lowest BCUT2D eigenvalue weighted by Gasteiger charge is -2.39. The molecule has 4 rings (SSSR count). The molecular weight excluding hydrogens is 332 g/mol. The SMILES string of the molecule is COc1ccc(C(=C2C(C)(C)[C@H]3CC[C@]2(C)C3)c2ccc(OC)cc2)cc1. The number of allylic oxidation sites excluding steroid dienone is 1. The molecule has 2 aliphatic carbocycles. The molecule has 0 aliphatic heterocycles. The second-order valence-corrected chi connectivity index (χ2v) is 8.93.